The number of rotatable bonds is 10. The summed E-state index contributed by atoms with van der Waals surface area (Å²) in [4.78, 5) is 6.88. The Morgan fingerprint density at radius 1 is 1.21 bits per heavy atom. The van der Waals surface area contributed by atoms with Crippen molar-refractivity contribution in [3.8, 4) is 5.75 Å². The average molecular weight is 391 g/mol. The van der Waals surface area contributed by atoms with E-state index in [9.17, 15) is 0 Å². The fourth-order valence-electron chi connectivity index (χ4n) is 3.54. The lowest BCUT2D eigenvalue weighted by Gasteiger charge is -2.33. The number of aliphatic imine (C=N–C) groups is 1. The first-order chi connectivity index (χ1) is 13.6. The van der Waals surface area contributed by atoms with Crippen molar-refractivity contribution in [3.63, 3.8) is 0 Å². The van der Waals surface area contributed by atoms with Gasteiger partial charge in [-0.15, -0.1) is 0 Å². The Morgan fingerprint density at radius 2 is 1.96 bits per heavy atom. The summed E-state index contributed by atoms with van der Waals surface area (Å²) >= 11 is 0. The Labute approximate surface area is 170 Å². The molecule has 1 saturated heterocycles. The predicted octanol–water partition coefficient (Wildman–Crippen LogP) is 2.85. The number of likely N-dealkylation sites (tertiary alicyclic amines) is 1. The molecule has 0 aromatic heterocycles. The van der Waals surface area contributed by atoms with Gasteiger partial charge in [0.05, 0.1) is 6.54 Å². The standard InChI is InChI=1S/C22H38N4O2/c1-18(2)20-8-5-6-9-21(20)28-17-12-24-22(23-3)25-19-10-14-26(15-11-19)13-7-16-27-4/h5-6,8-9,18-19H,7,10-17H2,1-4H3,(H2,23,24,25). The van der Waals surface area contributed by atoms with Gasteiger partial charge in [0.2, 0.25) is 0 Å². The van der Waals surface area contributed by atoms with E-state index < -0.39 is 0 Å². The minimum atomic E-state index is 0.457. The highest BCUT2D eigenvalue weighted by molar-refractivity contribution is 5.79. The molecule has 28 heavy (non-hydrogen) atoms. The van der Waals surface area contributed by atoms with Crippen LogP contribution in [0.2, 0.25) is 0 Å². The molecule has 1 aromatic rings. The summed E-state index contributed by atoms with van der Waals surface area (Å²) in [6.07, 6.45) is 3.40. The quantitative estimate of drug-likeness (QED) is 0.365. The van der Waals surface area contributed by atoms with E-state index in [2.05, 4.69) is 46.5 Å². The summed E-state index contributed by atoms with van der Waals surface area (Å²) in [5.41, 5.74) is 1.25. The number of ether oxygens (including phenoxy) is 2. The third kappa shape index (κ3) is 7.68. The molecule has 1 aliphatic heterocycles. The minimum absolute atomic E-state index is 0.457. The zero-order valence-electron chi connectivity index (χ0n) is 18.0. The van der Waals surface area contributed by atoms with Crippen LogP contribution >= 0.6 is 0 Å². The molecule has 0 saturated carbocycles. The summed E-state index contributed by atoms with van der Waals surface area (Å²) in [5, 5.41) is 6.93. The molecule has 0 bridgehead atoms. The molecule has 6 nitrogen and oxygen atoms in total. The minimum Gasteiger partial charge on any atom is -0.491 e. The van der Waals surface area contributed by atoms with Gasteiger partial charge in [-0.3, -0.25) is 4.99 Å². The Morgan fingerprint density at radius 3 is 2.64 bits per heavy atom. The van der Waals surface area contributed by atoms with Crippen LogP contribution in [0.3, 0.4) is 0 Å². The molecular weight excluding hydrogens is 352 g/mol. The van der Waals surface area contributed by atoms with Gasteiger partial charge in [0, 0.05) is 46.4 Å². The van der Waals surface area contributed by atoms with Crippen molar-refractivity contribution in [2.45, 2.75) is 45.1 Å². The first-order valence-electron chi connectivity index (χ1n) is 10.5. The normalized spacial score (nSPS) is 16.4. The molecule has 1 aromatic carbocycles. The topological polar surface area (TPSA) is 58.1 Å². The van der Waals surface area contributed by atoms with E-state index in [1.165, 1.54) is 5.56 Å². The van der Waals surface area contributed by atoms with Gasteiger partial charge in [-0.05, 0) is 36.8 Å². The lowest BCUT2D eigenvalue weighted by Crippen LogP contribution is -2.49. The molecule has 0 unspecified atom stereocenters. The second-order valence-corrected chi connectivity index (χ2v) is 7.65. The van der Waals surface area contributed by atoms with Gasteiger partial charge in [0.25, 0.3) is 0 Å². The van der Waals surface area contributed by atoms with Gasteiger partial charge < -0.3 is 25.0 Å². The first kappa shape index (κ1) is 22.5. The number of benzene rings is 1. The van der Waals surface area contributed by atoms with Gasteiger partial charge in [-0.25, -0.2) is 0 Å². The Hall–Kier alpha value is -1.79. The SMILES string of the molecule is CN=C(NCCOc1ccccc1C(C)C)NC1CCN(CCCOC)CC1. The highest BCUT2D eigenvalue weighted by Crippen LogP contribution is 2.25. The maximum absolute atomic E-state index is 5.98. The number of nitrogens with one attached hydrogen (secondary N) is 2. The van der Waals surface area contributed by atoms with Crippen molar-refractivity contribution in [1.29, 1.82) is 0 Å². The van der Waals surface area contributed by atoms with Crippen LogP contribution in [0.4, 0.5) is 0 Å². The van der Waals surface area contributed by atoms with E-state index in [-0.39, 0.29) is 0 Å². The van der Waals surface area contributed by atoms with Gasteiger partial charge in [-0.2, -0.15) is 0 Å². The Bertz CT molecular complexity index is 584. The van der Waals surface area contributed by atoms with Crippen molar-refractivity contribution in [1.82, 2.24) is 15.5 Å². The number of hydrogen-bond donors (Lipinski definition) is 2. The first-order valence-corrected chi connectivity index (χ1v) is 10.5. The number of hydrogen-bond acceptors (Lipinski definition) is 4. The maximum atomic E-state index is 5.98. The van der Waals surface area contributed by atoms with E-state index in [1.54, 1.807) is 7.11 Å². The van der Waals surface area contributed by atoms with Gasteiger partial charge in [-0.1, -0.05) is 32.0 Å². The van der Waals surface area contributed by atoms with E-state index in [0.29, 0.717) is 18.6 Å². The molecule has 2 rings (SSSR count). The largest absolute Gasteiger partial charge is 0.491 e. The third-order valence-corrected chi connectivity index (χ3v) is 5.17. The molecule has 6 heteroatoms. The number of para-hydroxylation sites is 1. The zero-order valence-corrected chi connectivity index (χ0v) is 18.0. The lowest BCUT2D eigenvalue weighted by molar-refractivity contribution is 0.155. The van der Waals surface area contributed by atoms with Crippen molar-refractivity contribution >= 4 is 5.96 Å². The molecule has 0 radical (unpaired) electrons. The monoisotopic (exact) mass is 390 g/mol. The molecule has 0 spiro atoms. The summed E-state index contributed by atoms with van der Waals surface area (Å²) in [6.45, 7) is 9.96. The number of guanidine groups is 1. The smallest absolute Gasteiger partial charge is 0.191 e. The van der Waals surface area contributed by atoms with E-state index >= 15 is 0 Å². The second-order valence-electron chi connectivity index (χ2n) is 7.65. The highest BCUT2D eigenvalue weighted by atomic mass is 16.5. The summed E-state index contributed by atoms with van der Waals surface area (Å²) < 4.78 is 11.1. The van der Waals surface area contributed by atoms with Crippen molar-refractivity contribution < 1.29 is 9.47 Å². The third-order valence-electron chi connectivity index (χ3n) is 5.17. The molecular formula is C22H38N4O2. The summed E-state index contributed by atoms with van der Waals surface area (Å²) in [6, 6.07) is 8.75. The molecule has 0 atom stereocenters. The number of piperidine rings is 1. The van der Waals surface area contributed by atoms with Crippen LogP contribution in [-0.2, 0) is 4.74 Å². The molecule has 2 N–H and O–H groups in total. The summed E-state index contributed by atoms with van der Waals surface area (Å²) in [5.74, 6) is 2.29. The van der Waals surface area contributed by atoms with Crippen LogP contribution in [-0.4, -0.2) is 70.5 Å². The van der Waals surface area contributed by atoms with E-state index in [4.69, 9.17) is 9.47 Å². The van der Waals surface area contributed by atoms with Crippen LogP contribution in [0.5, 0.6) is 5.75 Å². The number of nitrogens with zero attached hydrogens (tertiary/aromatic N) is 2. The fraction of sp³-hybridized carbons (Fsp3) is 0.682. The maximum Gasteiger partial charge on any atom is 0.191 e. The van der Waals surface area contributed by atoms with Crippen molar-refractivity contribution in [3.05, 3.63) is 29.8 Å². The van der Waals surface area contributed by atoms with Crippen LogP contribution in [0.15, 0.2) is 29.3 Å². The van der Waals surface area contributed by atoms with Gasteiger partial charge >= 0.3 is 0 Å². The lowest BCUT2D eigenvalue weighted by atomic mass is 10.0. The molecule has 1 heterocycles. The van der Waals surface area contributed by atoms with Gasteiger partial charge in [0.15, 0.2) is 5.96 Å². The zero-order chi connectivity index (χ0) is 20.2. The molecule has 158 valence electrons. The van der Waals surface area contributed by atoms with Crippen molar-refractivity contribution in [2.24, 2.45) is 4.99 Å². The average Bonchev–Trinajstić information content (AvgIpc) is 2.71. The van der Waals surface area contributed by atoms with Crippen LogP contribution in [0.25, 0.3) is 0 Å². The Kier molecular flexibility index (Phi) is 10.1. The van der Waals surface area contributed by atoms with E-state index in [1.807, 2.05) is 19.2 Å². The van der Waals surface area contributed by atoms with Gasteiger partial charge in [0.1, 0.15) is 12.4 Å². The number of methoxy groups -OCH3 is 1. The van der Waals surface area contributed by atoms with Crippen LogP contribution in [0, 0.1) is 0 Å². The van der Waals surface area contributed by atoms with Crippen LogP contribution < -0.4 is 15.4 Å². The predicted molar refractivity (Wildman–Crippen MR) is 116 cm³/mol. The fourth-order valence-corrected chi connectivity index (χ4v) is 3.54. The molecule has 1 fully saturated rings. The summed E-state index contributed by atoms with van der Waals surface area (Å²) in [7, 11) is 3.59. The highest BCUT2D eigenvalue weighted by Gasteiger charge is 2.19. The molecule has 1 aliphatic rings. The van der Waals surface area contributed by atoms with Crippen molar-refractivity contribution in [2.75, 3.05) is 53.6 Å². The van der Waals surface area contributed by atoms with E-state index in [0.717, 1.165) is 63.8 Å². The molecule has 0 aliphatic carbocycles. The Balaban J connectivity index is 1.66. The van der Waals surface area contributed by atoms with Crippen LogP contribution in [0.1, 0.15) is 44.6 Å². The molecule has 0 amide bonds. The second kappa shape index (κ2) is 12.6.